The number of nitrogens with one attached hydrogen (secondary N) is 1. The number of carbonyl (C=O) groups excluding carboxylic acids is 1. The first-order valence-corrected chi connectivity index (χ1v) is 8.71. The second-order valence-corrected chi connectivity index (χ2v) is 7.48. The first-order chi connectivity index (χ1) is 11.1. The van der Waals surface area contributed by atoms with Crippen LogP contribution in [-0.4, -0.2) is 27.5 Å². The highest BCUT2D eigenvalue weighted by atomic mass is 16.2. The van der Waals surface area contributed by atoms with E-state index in [1.165, 1.54) is 12.8 Å². The van der Waals surface area contributed by atoms with Crippen LogP contribution in [0, 0.1) is 24.2 Å². The van der Waals surface area contributed by atoms with E-state index in [0.29, 0.717) is 11.6 Å². The van der Waals surface area contributed by atoms with Crippen molar-refractivity contribution in [1.29, 1.82) is 5.26 Å². The maximum absolute atomic E-state index is 13.1. The van der Waals surface area contributed by atoms with Gasteiger partial charge in [0.1, 0.15) is 17.9 Å². The molecule has 122 valence electrons. The van der Waals surface area contributed by atoms with Gasteiger partial charge in [-0.1, -0.05) is 12.8 Å². The molecular weight excluding hydrogens is 288 g/mol. The summed E-state index contributed by atoms with van der Waals surface area (Å²) in [5.41, 5.74) is 2.46. The molecule has 3 fully saturated rings. The fraction of sp³-hybridized carbons (Fsp3) is 0.667. The number of nitrogens with zero attached hydrogens (tertiary/aromatic N) is 3. The van der Waals surface area contributed by atoms with Crippen molar-refractivity contribution in [2.75, 3.05) is 6.54 Å². The molecule has 3 aliphatic rings. The Morgan fingerprint density at radius 2 is 2.09 bits per heavy atom. The summed E-state index contributed by atoms with van der Waals surface area (Å²) in [6.07, 6.45) is 6.54. The van der Waals surface area contributed by atoms with Gasteiger partial charge < -0.3 is 9.47 Å². The highest BCUT2D eigenvalue weighted by molar-refractivity contribution is 5.89. The predicted octanol–water partition coefficient (Wildman–Crippen LogP) is 2.36. The van der Waals surface area contributed by atoms with E-state index in [0.717, 1.165) is 43.5 Å². The second kappa shape index (κ2) is 5.10. The third-order valence-corrected chi connectivity index (χ3v) is 5.99. The number of nitriles is 1. The minimum Gasteiger partial charge on any atom is -0.340 e. The quantitative estimate of drug-likeness (QED) is 0.932. The van der Waals surface area contributed by atoms with Crippen molar-refractivity contribution in [3.63, 3.8) is 0 Å². The highest BCUT2D eigenvalue weighted by Crippen LogP contribution is 2.44. The number of carbonyl (C=O) groups is 1. The number of rotatable bonds is 3. The standard InChI is InChI=1S/C18H24N4O/c1-12-15(9-14(10-19)21(12)2)16-20-18(7-3-4-8-18)17(23)22(16)11-13-5-6-13/h9,13,16,20H,3-8,11H2,1-2H3/t16-/m0/s1. The SMILES string of the molecule is Cc1c([C@H]2NC3(CCCC3)C(=O)N2CC2CC2)cc(C#N)n1C. The topological polar surface area (TPSA) is 61.1 Å². The minimum absolute atomic E-state index is 0.0745. The molecule has 2 saturated carbocycles. The molecule has 1 amide bonds. The van der Waals surface area contributed by atoms with Crippen LogP contribution < -0.4 is 5.32 Å². The molecule has 1 saturated heterocycles. The summed E-state index contributed by atoms with van der Waals surface area (Å²) in [5, 5.41) is 13.0. The van der Waals surface area contributed by atoms with Gasteiger partial charge in [-0.05, 0) is 44.6 Å². The fourth-order valence-electron chi connectivity index (χ4n) is 4.25. The zero-order valence-electron chi connectivity index (χ0n) is 13.9. The van der Waals surface area contributed by atoms with E-state index in [-0.39, 0.29) is 17.6 Å². The summed E-state index contributed by atoms with van der Waals surface area (Å²) in [4.78, 5) is 15.2. The van der Waals surface area contributed by atoms with Crippen molar-refractivity contribution in [1.82, 2.24) is 14.8 Å². The van der Waals surface area contributed by atoms with Gasteiger partial charge in [0.2, 0.25) is 5.91 Å². The largest absolute Gasteiger partial charge is 0.340 e. The molecule has 23 heavy (non-hydrogen) atoms. The third-order valence-electron chi connectivity index (χ3n) is 5.99. The van der Waals surface area contributed by atoms with Crippen LogP contribution in [0.4, 0.5) is 0 Å². The van der Waals surface area contributed by atoms with E-state index in [2.05, 4.69) is 16.3 Å². The molecule has 1 aromatic rings. The van der Waals surface area contributed by atoms with E-state index in [4.69, 9.17) is 0 Å². The lowest BCUT2D eigenvalue weighted by Crippen LogP contribution is -2.44. The number of aromatic nitrogens is 1. The Bertz CT molecular complexity index is 689. The van der Waals surface area contributed by atoms with Crippen molar-refractivity contribution in [3.8, 4) is 6.07 Å². The van der Waals surface area contributed by atoms with Crippen LogP contribution in [0.3, 0.4) is 0 Å². The minimum atomic E-state index is -0.353. The molecule has 1 aromatic heterocycles. The molecule has 0 bridgehead atoms. The van der Waals surface area contributed by atoms with E-state index in [1.54, 1.807) is 0 Å². The molecule has 5 heteroatoms. The first-order valence-electron chi connectivity index (χ1n) is 8.71. The Balaban J connectivity index is 1.73. The van der Waals surface area contributed by atoms with Gasteiger partial charge in [0.25, 0.3) is 0 Å². The van der Waals surface area contributed by atoms with Gasteiger partial charge in [0.15, 0.2) is 0 Å². The normalized spacial score (nSPS) is 26.2. The Labute approximate surface area is 137 Å². The van der Waals surface area contributed by atoms with Crippen LogP contribution >= 0.6 is 0 Å². The summed E-state index contributed by atoms with van der Waals surface area (Å²) < 4.78 is 1.93. The van der Waals surface area contributed by atoms with Gasteiger partial charge in [-0.2, -0.15) is 5.26 Å². The molecule has 0 unspecified atom stereocenters. The van der Waals surface area contributed by atoms with Gasteiger partial charge in [-0.3, -0.25) is 10.1 Å². The number of hydrogen-bond donors (Lipinski definition) is 1. The summed E-state index contributed by atoms with van der Waals surface area (Å²) in [6, 6.07) is 4.20. The van der Waals surface area contributed by atoms with E-state index in [1.807, 2.05) is 24.6 Å². The molecule has 2 aliphatic carbocycles. The molecule has 1 spiro atoms. The molecule has 5 nitrogen and oxygen atoms in total. The van der Waals surface area contributed by atoms with Crippen LogP contribution in [0.15, 0.2) is 6.07 Å². The Hall–Kier alpha value is -1.80. The molecule has 1 N–H and O–H groups in total. The van der Waals surface area contributed by atoms with Crippen molar-refractivity contribution in [2.24, 2.45) is 13.0 Å². The maximum atomic E-state index is 13.1. The van der Waals surface area contributed by atoms with E-state index >= 15 is 0 Å². The lowest BCUT2D eigenvalue weighted by atomic mass is 9.98. The van der Waals surface area contributed by atoms with Crippen LogP contribution in [0.5, 0.6) is 0 Å². The number of hydrogen-bond acceptors (Lipinski definition) is 3. The molecule has 1 aliphatic heterocycles. The summed E-state index contributed by atoms with van der Waals surface area (Å²) in [5.74, 6) is 0.952. The van der Waals surface area contributed by atoms with Gasteiger partial charge in [-0.25, -0.2) is 0 Å². The molecule has 1 atom stereocenters. The van der Waals surface area contributed by atoms with Crippen molar-refractivity contribution in [2.45, 2.75) is 57.2 Å². The zero-order chi connectivity index (χ0) is 16.2. The smallest absolute Gasteiger partial charge is 0.244 e. The highest BCUT2D eigenvalue weighted by Gasteiger charge is 2.53. The number of amides is 1. The summed E-state index contributed by atoms with van der Waals surface area (Å²) in [6.45, 7) is 2.89. The summed E-state index contributed by atoms with van der Waals surface area (Å²) >= 11 is 0. The predicted molar refractivity (Wildman–Crippen MR) is 86.4 cm³/mol. The average Bonchev–Trinajstić information content (AvgIpc) is 3.08. The van der Waals surface area contributed by atoms with Crippen LogP contribution in [0.2, 0.25) is 0 Å². The van der Waals surface area contributed by atoms with Gasteiger partial charge in [-0.15, -0.1) is 0 Å². The van der Waals surface area contributed by atoms with Gasteiger partial charge >= 0.3 is 0 Å². The Morgan fingerprint density at radius 1 is 1.39 bits per heavy atom. The van der Waals surface area contributed by atoms with Crippen LogP contribution in [0.25, 0.3) is 0 Å². The average molecular weight is 312 g/mol. The third kappa shape index (κ3) is 2.20. The Kier molecular flexibility index (Phi) is 3.28. The molecule has 4 rings (SSSR count). The summed E-state index contributed by atoms with van der Waals surface area (Å²) in [7, 11) is 1.92. The molecule has 0 aromatic carbocycles. The van der Waals surface area contributed by atoms with Crippen LogP contribution in [0.1, 0.15) is 61.6 Å². The zero-order valence-corrected chi connectivity index (χ0v) is 13.9. The Morgan fingerprint density at radius 3 is 2.65 bits per heavy atom. The van der Waals surface area contributed by atoms with E-state index in [9.17, 15) is 10.1 Å². The van der Waals surface area contributed by atoms with Crippen molar-refractivity contribution < 1.29 is 4.79 Å². The first kappa shape index (κ1) is 14.8. The lowest BCUT2D eigenvalue weighted by Gasteiger charge is -2.24. The fourth-order valence-corrected chi connectivity index (χ4v) is 4.25. The van der Waals surface area contributed by atoms with Gasteiger partial charge in [0.05, 0.1) is 5.54 Å². The molecule has 0 radical (unpaired) electrons. The van der Waals surface area contributed by atoms with Crippen LogP contribution in [-0.2, 0) is 11.8 Å². The van der Waals surface area contributed by atoms with Gasteiger partial charge in [0, 0.05) is 24.8 Å². The van der Waals surface area contributed by atoms with Crippen molar-refractivity contribution in [3.05, 3.63) is 23.0 Å². The van der Waals surface area contributed by atoms with Crippen molar-refractivity contribution >= 4 is 5.91 Å². The molecular formula is C18H24N4O. The van der Waals surface area contributed by atoms with E-state index < -0.39 is 0 Å². The maximum Gasteiger partial charge on any atom is 0.244 e. The second-order valence-electron chi connectivity index (χ2n) is 7.48. The molecule has 2 heterocycles. The lowest BCUT2D eigenvalue weighted by molar-refractivity contribution is -0.133. The monoisotopic (exact) mass is 312 g/mol.